The first-order valence-corrected chi connectivity index (χ1v) is 10.2. The molecule has 2 aliphatic rings. The molecule has 2 aliphatic heterocycles. The number of carbonyl (C=O) groups is 1. The fourth-order valence-corrected chi connectivity index (χ4v) is 6.65. The Hall–Kier alpha value is -1.47. The molecule has 2 heterocycles. The number of fused-ring (bicyclic) bond motifs is 2. The fourth-order valence-electron chi connectivity index (χ4n) is 4.48. The van der Waals surface area contributed by atoms with Gasteiger partial charge in [-0.2, -0.15) is 4.31 Å². The van der Waals surface area contributed by atoms with Crippen molar-refractivity contribution in [2.45, 2.75) is 63.4 Å². The van der Waals surface area contributed by atoms with Crippen molar-refractivity contribution in [2.75, 3.05) is 6.61 Å². The Morgan fingerprint density at radius 1 is 1.36 bits per heavy atom. The average molecular weight is 369 g/mol. The first-order chi connectivity index (χ1) is 11.8. The maximum Gasteiger partial charge on any atom is 0.313 e. The average Bonchev–Trinajstić information content (AvgIpc) is 3.14. The van der Waals surface area contributed by atoms with E-state index in [0.29, 0.717) is 24.8 Å². The Morgan fingerprint density at radius 3 is 2.72 bits per heavy atom. The van der Waals surface area contributed by atoms with Gasteiger partial charge >= 0.3 is 5.97 Å². The van der Waals surface area contributed by atoms with Crippen LogP contribution in [-0.4, -0.2) is 37.4 Å². The van der Waals surface area contributed by atoms with Gasteiger partial charge in [0.2, 0.25) is 10.0 Å². The van der Waals surface area contributed by atoms with E-state index in [0.717, 1.165) is 12.5 Å². The first-order valence-electron chi connectivity index (χ1n) is 8.75. The van der Waals surface area contributed by atoms with Crippen LogP contribution in [0.3, 0.4) is 0 Å². The quantitative estimate of drug-likeness (QED) is 0.749. The number of esters is 1. The lowest BCUT2D eigenvalue weighted by Crippen LogP contribution is -2.45. The number of hydrogen-bond acceptors (Lipinski definition) is 4. The van der Waals surface area contributed by atoms with Gasteiger partial charge < -0.3 is 4.74 Å². The van der Waals surface area contributed by atoms with E-state index in [1.54, 1.807) is 13.8 Å². The van der Waals surface area contributed by atoms with Gasteiger partial charge in [0, 0.05) is 12.1 Å². The Kier molecular flexibility index (Phi) is 4.66. The summed E-state index contributed by atoms with van der Waals surface area (Å²) in [5.41, 5.74) is -0.293. The third kappa shape index (κ3) is 2.68. The molecule has 3 rings (SSSR count). The van der Waals surface area contributed by atoms with Crippen LogP contribution in [0, 0.1) is 18.2 Å². The van der Waals surface area contributed by atoms with E-state index in [1.807, 2.05) is 6.92 Å². The van der Waals surface area contributed by atoms with E-state index in [4.69, 9.17) is 4.74 Å². The van der Waals surface area contributed by atoms with Crippen molar-refractivity contribution >= 4 is 16.0 Å². The van der Waals surface area contributed by atoms with Crippen molar-refractivity contribution in [3.8, 4) is 0 Å². The van der Waals surface area contributed by atoms with Crippen LogP contribution in [0.5, 0.6) is 0 Å². The van der Waals surface area contributed by atoms with Gasteiger partial charge in [-0.15, -0.1) is 0 Å². The van der Waals surface area contributed by atoms with Gasteiger partial charge in [0.1, 0.15) is 5.82 Å². The zero-order valence-corrected chi connectivity index (χ0v) is 15.6. The summed E-state index contributed by atoms with van der Waals surface area (Å²) in [7, 11) is -3.87. The Morgan fingerprint density at radius 2 is 2.08 bits per heavy atom. The van der Waals surface area contributed by atoms with E-state index >= 15 is 0 Å². The van der Waals surface area contributed by atoms with Gasteiger partial charge in [-0.3, -0.25) is 4.79 Å². The molecule has 0 unspecified atom stereocenters. The molecule has 25 heavy (non-hydrogen) atoms. The Balaban J connectivity index is 2.04. The van der Waals surface area contributed by atoms with Crippen LogP contribution in [0.2, 0.25) is 0 Å². The van der Waals surface area contributed by atoms with Crippen LogP contribution in [0.1, 0.15) is 45.1 Å². The van der Waals surface area contributed by atoms with Crippen LogP contribution >= 0.6 is 0 Å². The lowest BCUT2D eigenvalue weighted by molar-refractivity contribution is -0.157. The van der Waals surface area contributed by atoms with Gasteiger partial charge in [-0.05, 0) is 57.2 Å². The molecule has 0 N–H and O–H groups in total. The molecule has 2 saturated heterocycles. The zero-order chi connectivity index (χ0) is 18.4. The number of rotatable bonds is 5. The minimum atomic E-state index is -3.87. The number of carbonyl (C=O) groups excluding carboxylic acids is 1. The van der Waals surface area contributed by atoms with Crippen molar-refractivity contribution in [3.63, 3.8) is 0 Å². The van der Waals surface area contributed by atoms with Crippen molar-refractivity contribution in [3.05, 3.63) is 29.6 Å². The van der Waals surface area contributed by atoms with Crippen LogP contribution in [0.15, 0.2) is 23.1 Å². The molecule has 0 aromatic heterocycles. The van der Waals surface area contributed by atoms with E-state index < -0.39 is 27.3 Å². The maximum atomic E-state index is 13.7. The molecule has 138 valence electrons. The smallest absolute Gasteiger partial charge is 0.313 e. The summed E-state index contributed by atoms with van der Waals surface area (Å²) in [5, 5.41) is 0. The maximum absolute atomic E-state index is 13.7. The van der Waals surface area contributed by atoms with E-state index in [2.05, 4.69) is 0 Å². The molecule has 5 nitrogen and oxygen atoms in total. The Bertz CT molecular complexity index is 794. The highest BCUT2D eigenvalue weighted by atomic mass is 32.2. The predicted molar refractivity (Wildman–Crippen MR) is 90.9 cm³/mol. The van der Waals surface area contributed by atoms with Crippen molar-refractivity contribution < 1.29 is 22.3 Å². The summed E-state index contributed by atoms with van der Waals surface area (Å²) >= 11 is 0. The van der Waals surface area contributed by atoms with Crippen molar-refractivity contribution in [1.29, 1.82) is 0 Å². The number of nitrogens with zero attached hydrogens (tertiary/aromatic N) is 1. The van der Waals surface area contributed by atoms with Crippen LogP contribution in [-0.2, 0) is 19.6 Å². The summed E-state index contributed by atoms with van der Waals surface area (Å²) in [6.45, 7) is 5.57. The van der Waals surface area contributed by atoms with Gasteiger partial charge in [0.05, 0.1) is 16.9 Å². The Labute approximate surface area is 148 Å². The number of benzene rings is 1. The van der Waals surface area contributed by atoms with E-state index in [1.165, 1.54) is 16.4 Å². The van der Waals surface area contributed by atoms with Crippen molar-refractivity contribution in [1.82, 2.24) is 4.31 Å². The molecule has 7 heteroatoms. The highest BCUT2D eigenvalue weighted by molar-refractivity contribution is 7.89. The molecular weight excluding hydrogens is 345 g/mol. The monoisotopic (exact) mass is 369 g/mol. The van der Waals surface area contributed by atoms with Crippen molar-refractivity contribution in [2.24, 2.45) is 5.41 Å². The highest BCUT2D eigenvalue weighted by Crippen LogP contribution is 2.54. The number of aryl methyl sites for hydroxylation is 1. The minimum Gasteiger partial charge on any atom is -0.466 e. The molecule has 1 aromatic rings. The molecule has 0 radical (unpaired) electrons. The number of sulfonamides is 1. The normalized spacial score (nSPS) is 29.1. The molecule has 0 spiro atoms. The van der Waals surface area contributed by atoms with Crippen LogP contribution in [0.25, 0.3) is 0 Å². The molecule has 1 aromatic carbocycles. The topological polar surface area (TPSA) is 63.7 Å². The highest BCUT2D eigenvalue weighted by Gasteiger charge is 2.63. The molecule has 0 aliphatic carbocycles. The van der Waals surface area contributed by atoms with Crippen LogP contribution < -0.4 is 0 Å². The van der Waals surface area contributed by atoms with E-state index in [-0.39, 0.29) is 23.5 Å². The number of hydrogen-bond donors (Lipinski definition) is 0. The second kappa shape index (κ2) is 6.36. The fraction of sp³-hybridized carbons (Fsp3) is 0.611. The third-order valence-electron chi connectivity index (χ3n) is 5.70. The summed E-state index contributed by atoms with van der Waals surface area (Å²) in [6.07, 6.45) is 2.35. The number of halogens is 1. The SMILES string of the molecule is CCOC(=O)[C@]1(CC)C[C@@H]2CC[C@H]1N2S(=O)(=O)c1cc(F)ccc1C. The molecule has 0 amide bonds. The van der Waals surface area contributed by atoms with Gasteiger partial charge in [-0.1, -0.05) is 13.0 Å². The predicted octanol–water partition coefficient (Wildman–Crippen LogP) is 3.02. The number of ether oxygens (including phenoxy) is 1. The van der Waals surface area contributed by atoms with Gasteiger partial charge in [0.25, 0.3) is 0 Å². The summed E-state index contributed by atoms with van der Waals surface area (Å²) in [5.74, 6) is -0.899. The molecule has 0 saturated carbocycles. The molecular formula is C18H24FNO4S. The van der Waals surface area contributed by atoms with Crippen LogP contribution in [0.4, 0.5) is 4.39 Å². The minimum absolute atomic E-state index is 0.0137. The first kappa shape index (κ1) is 18.3. The lowest BCUT2D eigenvalue weighted by Gasteiger charge is -2.34. The summed E-state index contributed by atoms with van der Waals surface area (Å²) < 4.78 is 46.9. The standard InChI is InChI=1S/C18H24FNO4S/c1-4-18(17(21)24-5-2)11-14-8-9-16(18)20(14)25(22,23)15-10-13(19)7-6-12(15)3/h6-7,10,14,16H,4-5,8-9,11H2,1-3H3/t14-,16+,18+/m0/s1. The second-order valence-electron chi connectivity index (χ2n) is 6.93. The second-order valence-corrected chi connectivity index (χ2v) is 8.74. The lowest BCUT2D eigenvalue weighted by atomic mass is 9.72. The van der Waals surface area contributed by atoms with E-state index in [9.17, 15) is 17.6 Å². The van der Waals surface area contributed by atoms with Gasteiger partial charge in [-0.25, -0.2) is 12.8 Å². The third-order valence-corrected chi connectivity index (χ3v) is 7.80. The molecule has 2 bridgehead atoms. The summed E-state index contributed by atoms with van der Waals surface area (Å²) in [6, 6.07) is 3.14. The zero-order valence-electron chi connectivity index (χ0n) is 14.8. The van der Waals surface area contributed by atoms with Gasteiger partial charge in [0.15, 0.2) is 0 Å². The largest absolute Gasteiger partial charge is 0.466 e. The molecule has 3 atom stereocenters. The molecule has 2 fully saturated rings. The summed E-state index contributed by atoms with van der Waals surface area (Å²) in [4.78, 5) is 12.6.